The second kappa shape index (κ2) is 5.04. The third-order valence-electron chi connectivity index (χ3n) is 2.59. The van der Waals surface area contributed by atoms with Crippen LogP contribution in [0, 0.1) is 18.6 Å². The van der Waals surface area contributed by atoms with Crippen molar-refractivity contribution in [1.82, 2.24) is 4.98 Å². The first kappa shape index (κ1) is 12.4. The van der Waals surface area contributed by atoms with Crippen LogP contribution in [0.1, 0.15) is 21.6 Å². The van der Waals surface area contributed by atoms with Gasteiger partial charge in [0, 0.05) is 23.9 Å². The van der Waals surface area contributed by atoms with Gasteiger partial charge in [0.25, 0.3) is 0 Å². The molecule has 1 aromatic heterocycles. The molecule has 0 amide bonds. The maximum atomic E-state index is 13.4. The Morgan fingerprint density at radius 2 is 2.00 bits per heavy atom. The lowest BCUT2D eigenvalue weighted by Crippen LogP contribution is -2.06. The van der Waals surface area contributed by atoms with Crippen molar-refractivity contribution in [2.45, 2.75) is 13.3 Å². The van der Waals surface area contributed by atoms with Gasteiger partial charge in [0.2, 0.25) is 0 Å². The number of benzene rings is 1. The van der Waals surface area contributed by atoms with Crippen molar-refractivity contribution in [3.8, 4) is 0 Å². The lowest BCUT2D eigenvalue weighted by atomic mass is 10.0. The summed E-state index contributed by atoms with van der Waals surface area (Å²) in [5, 5.41) is 0. The molecule has 0 saturated heterocycles. The minimum atomic E-state index is -0.579. The number of aryl methyl sites for hydroxylation is 1. The molecular formula is C14H11F2NO. The van der Waals surface area contributed by atoms with Gasteiger partial charge in [0.05, 0.1) is 0 Å². The van der Waals surface area contributed by atoms with Gasteiger partial charge < -0.3 is 0 Å². The molecule has 0 bridgehead atoms. The number of ketones is 1. The number of hydrogen-bond donors (Lipinski definition) is 0. The summed E-state index contributed by atoms with van der Waals surface area (Å²) < 4.78 is 26.3. The smallest absolute Gasteiger partial charge is 0.168 e. The van der Waals surface area contributed by atoms with E-state index in [1.807, 2.05) is 0 Å². The van der Waals surface area contributed by atoms with E-state index in [2.05, 4.69) is 4.98 Å². The molecule has 2 rings (SSSR count). The fraction of sp³-hybridized carbons (Fsp3) is 0.143. The molecule has 18 heavy (non-hydrogen) atoms. The molecule has 1 aromatic carbocycles. The topological polar surface area (TPSA) is 30.0 Å². The van der Waals surface area contributed by atoms with Gasteiger partial charge in [0.1, 0.15) is 11.6 Å². The van der Waals surface area contributed by atoms with Crippen molar-refractivity contribution in [3.63, 3.8) is 0 Å². The normalized spacial score (nSPS) is 10.4. The summed E-state index contributed by atoms with van der Waals surface area (Å²) in [5.41, 5.74) is 1.24. The minimum absolute atomic E-state index is 0.0561. The van der Waals surface area contributed by atoms with E-state index in [1.54, 1.807) is 19.1 Å². The molecule has 1 heterocycles. The number of pyridine rings is 1. The van der Waals surface area contributed by atoms with Crippen LogP contribution in [-0.4, -0.2) is 10.8 Å². The lowest BCUT2D eigenvalue weighted by Gasteiger charge is -2.03. The number of carbonyl (C=O) groups is 1. The molecule has 0 aliphatic rings. The fourth-order valence-electron chi connectivity index (χ4n) is 1.59. The second-order valence-electron chi connectivity index (χ2n) is 4.02. The zero-order valence-corrected chi connectivity index (χ0v) is 9.78. The zero-order valence-electron chi connectivity index (χ0n) is 9.78. The summed E-state index contributed by atoms with van der Waals surface area (Å²) in [6.45, 7) is 1.81. The second-order valence-corrected chi connectivity index (χ2v) is 4.02. The van der Waals surface area contributed by atoms with E-state index < -0.39 is 11.6 Å². The average molecular weight is 247 g/mol. The van der Waals surface area contributed by atoms with Gasteiger partial charge >= 0.3 is 0 Å². The quantitative estimate of drug-likeness (QED) is 0.780. The average Bonchev–Trinajstić information content (AvgIpc) is 2.34. The Kier molecular flexibility index (Phi) is 3.46. The third-order valence-corrected chi connectivity index (χ3v) is 2.59. The van der Waals surface area contributed by atoms with Gasteiger partial charge in [-0.3, -0.25) is 9.78 Å². The number of nitrogens with zero attached hydrogens (tertiary/aromatic N) is 1. The first-order valence-electron chi connectivity index (χ1n) is 5.46. The Hall–Kier alpha value is -2.10. The summed E-state index contributed by atoms with van der Waals surface area (Å²) >= 11 is 0. The lowest BCUT2D eigenvalue weighted by molar-refractivity contribution is 0.0991. The van der Waals surface area contributed by atoms with Gasteiger partial charge in [-0.2, -0.15) is 0 Å². The number of halogens is 2. The van der Waals surface area contributed by atoms with E-state index in [0.717, 1.165) is 23.9 Å². The van der Waals surface area contributed by atoms with Crippen molar-refractivity contribution in [1.29, 1.82) is 0 Å². The summed E-state index contributed by atoms with van der Waals surface area (Å²) in [4.78, 5) is 15.9. The first-order valence-corrected chi connectivity index (χ1v) is 5.46. The highest BCUT2D eigenvalue weighted by Crippen LogP contribution is 2.13. The van der Waals surface area contributed by atoms with E-state index in [0.29, 0.717) is 5.56 Å². The maximum absolute atomic E-state index is 13.4. The molecular weight excluding hydrogens is 236 g/mol. The fourth-order valence-corrected chi connectivity index (χ4v) is 1.59. The number of aromatic nitrogens is 1. The largest absolute Gasteiger partial charge is 0.294 e. The Balaban J connectivity index is 2.21. The van der Waals surface area contributed by atoms with Gasteiger partial charge in [-0.05, 0) is 42.8 Å². The molecule has 2 aromatic rings. The Morgan fingerprint density at radius 1 is 1.22 bits per heavy atom. The minimum Gasteiger partial charge on any atom is -0.294 e. The molecule has 0 saturated carbocycles. The van der Waals surface area contributed by atoms with E-state index >= 15 is 0 Å². The predicted molar refractivity (Wildman–Crippen MR) is 63.4 cm³/mol. The third kappa shape index (κ3) is 2.77. The van der Waals surface area contributed by atoms with Crippen molar-refractivity contribution >= 4 is 5.78 Å². The zero-order chi connectivity index (χ0) is 13.1. The van der Waals surface area contributed by atoms with Crippen LogP contribution in [0.25, 0.3) is 0 Å². The van der Waals surface area contributed by atoms with Crippen LogP contribution in [0.4, 0.5) is 8.78 Å². The Labute approximate surface area is 103 Å². The van der Waals surface area contributed by atoms with Crippen LogP contribution in [0.5, 0.6) is 0 Å². The van der Waals surface area contributed by atoms with E-state index in [-0.39, 0.29) is 17.8 Å². The van der Waals surface area contributed by atoms with E-state index in [9.17, 15) is 13.6 Å². The van der Waals surface area contributed by atoms with Crippen LogP contribution in [0.2, 0.25) is 0 Å². The summed E-state index contributed by atoms with van der Waals surface area (Å²) in [6, 6.07) is 6.41. The van der Waals surface area contributed by atoms with Crippen LogP contribution in [-0.2, 0) is 6.42 Å². The SMILES string of the molecule is Cc1ccc(C(=O)Cc2cc(F)ccc2F)cn1. The van der Waals surface area contributed by atoms with Crippen molar-refractivity contribution in [2.24, 2.45) is 0 Å². The molecule has 0 N–H and O–H groups in total. The number of carbonyl (C=O) groups excluding carboxylic acids is 1. The van der Waals surface area contributed by atoms with Gasteiger partial charge in [-0.1, -0.05) is 0 Å². The van der Waals surface area contributed by atoms with Crippen LogP contribution >= 0.6 is 0 Å². The first-order chi connectivity index (χ1) is 8.56. The Bertz CT molecular complexity index is 579. The van der Waals surface area contributed by atoms with Crippen molar-refractivity contribution < 1.29 is 13.6 Å². The van der Waals surface area contributed by atoms with E-state index in [1.165, 1.54) is 6.20 Å². The van der Waals surface area contributed by atoms with Crippen molar-refractivity contribution in [3.05, 3.63) is 65.0 Å². The highest BCUT2D eigenvalue weighted by Gasteiger charge is 2.11. The molecule has 0 spiro atoms. The molecule has 92 valence electrons. The molecule has 0 fully saturated rings. The highest BCUT2D eigenvalue weighted by molar-refractivity contribution is 5.97. The maximum Gasteiger partial charge on any atom is 0.168 e. The molecule has 0 atom stereocenters. The van der Waals surface area contributed by atoms with Crippen LogP contribution in [0.15, 0.2) is 36.5 Å². The van der Waals surface area contributed by atoms with Gasteiger partial charge in [-0.25, -0.2) is 8.78 Å². The highest BCUT2D eigenvalue weighted by atomic mass is 19.1. The van der Waals surface area contributed by atoms with Gasteiger partial charge in [0.15, 0.2) is 5.78 Å². The monoisotopic (exact) mass is 247 g/mol. The molecule has 0 aliphatic carbocycles. The van der Waals surface area contributed by atoms with Crippen molar-refractivity contribution in [2.75, 3.05) is 0 Å². The summed E-state index contributed by atoms with van der Waals surface area (Å²) in [7, 11) is 0. The number of hydrogen-bond acceptors (Lipinski definition) is 2. The standard InChI is InChI=1S/C14H11F2NO/c1-9-2-3-10(8-17-9)14(18)7-11-6-12(15)4-5-13(11)16/h2-6,8H,7H2,1H3. The van der Waals surface area contributed by atoms with E-state index in [4.69, 9.17) is 0 Å². The summed E-state index contributed by atoms with van der Waals surface area (Å²) in [5.74, 6) is -1.42. The molecule has 0 radical (unpaired) electrons. The van der Waals surface area contributed by atoms with Crippen LogP contribution in [0.3, 0.4) is 0 Å². The molecule has 0 unspecified atom stereocenters. The molecule has 0 aliphatic heterocycles. The molecule has 4 heteroatoms. The van der Waals surface area contributed by atoms with Gasteiger partial charge in [-0.15, -0.1) is 0 Å². The van der Waals surface area contributed by atoms with Crippen LogP contribution < -0.4 is 0 Å². The molecule has 2 nitrogen and oxygen atoms in total. The summed E-state index contributed by atoms with van der Waals surface area (Å²) in [6.07, 6.45) is 1.27. The predicted octanol–water partition coefficient (Wildman–Crippen LogP) is 3.09. The number of rotatable bonds is 3. The Morgan fingerprint density at radius 3 is 2.67 bits per heavy atom. The number of Topliss-reactive ketones (excluding diaryl/α,β-unsaturated/α-hetero) is 1.